The largest absolute Gasteiger partial charge is 0.339 e. The molecule has 194 valence electrons. The summed E-state index contributed by atoms with van der Waals surface area (Å²) in [4.78, 5) is 49.2. The van der Waals surface area contributed by atoms with Gasteiger partial charge >= 0.3 is 0 Å². The van der Waals surface area contributed by atoms with E-state index in [0.29, 0.717) is 54.9 Å². The number of fused-ring (bicyclic) bond motifs is 1. The van der Waals surface area contributed by atoms with Gasteiger partial charge in [0.25, 0.3) is 0 Å². The first-order valence-corrected chi connectivity index (χ1v) is 12.5. The molecule has 0 unspecified atom stereocenters. The Hall–Kier alpha value is -4.43. The molecule has 0 saturated carbocycles. The van der Waals surface area contributed by atoms with Gasteiger partial charge in [0.1, 0.15) is 17.6 Å². The van der Waals surface area contributed by atoms with Gasteiger partial charge in [-0.3, -0.25) is 9.59 Å². The highest BCUT2D eigenvalue weighted by Gasteiger charge is 2.45. The summed E-state index contributed by atoms with van der Waals surface area (Å²) in [6.45, 7) is 7.85. The minimum Gasteiger partial charge on any atom is -0.339 e. The number of nitrogens with two attached hydrogens (primary N) is 1. The van der Waals surface area contributed by atoms with Crippen LogP contribution in [0.15, 0.2) is 42.9 Å². The predicted molar refractivity (Wildman–Crippen MR) is 141 cm³/mol. The van der Waals surface area contributed by atoms with E-state index in [0.717, 1.165) is 11.1 Å². The van der Waals surface area contributed by atoms with Crippen LogP contribution in [-0.2, 0) is 11.3 Å². The number of nitriles is 1. The molecule has 5 rings (SSSR count). The number of nitrogens with zero attached hydrogens (tertiary/aromatic N) is 8. The van der Waals surface area contributed by atoms with Crippen molar-refractivity contribution in [3.05, 3.63) is 59.7 Å². The van der Waals surface area contributed by atoms with Gasteiger partial charge in [0, 0.05) is 61.9 Å². The summed E-state index contributed by atoms with van der Waals surface area (Å²) in [5.41, 5.74) is 7.65. The quantitative estimate of drug-likeness (QED) is 0.538. The van der Waals surface area contributed by atoms with Crippen LogP contribution in [0.4, 0.5) is 11.8 Å². The molecule has 11 nitrogen and oxygen atoms in total. The average molecular weight is 512 g/mol. The van der Waals surface area contributed by atoms with E-state index in [1.807, 2.05) is 31.7 Å². The van der Waals surface area contributed by atoms with E-state index >= 15 is 0 Å². The van der Waals surface area contributed by atoms with Gasteiger partial charge in [-0.25, -0.2) is 19.9 Å². The van der Waals surface area contributed by atoms with Crippen molar-refractivity contribution in [1.29, 1.82) is 5.26 Å². The third-order valence-electron chi connectivity index (χ3n) is 7.27. The van der Waals surface area contributed by atoms with Crippen molar-refractivity contribution >= 4 is 23.5 Å². The van der Waals surface area contributed by atoms with Crippen molar-refractivity contribution in [1.82, 2.24) is 24.8 Å². The van der Waals surface area contributed by atoms with Gasteiger partial charge in [0.2, 0.25) is 11.9 Å². The van der Waals surface area contributed by atoms with E-state index in [-0.39, 0.29) is 24.3 Å². The number of carbonyl (C=O) groups excluding carboxylic acids is 2. The predicted octanol–water partition coefficient (Wildman–Crippen LogP) is 1.78. The number of ketones is 1. The monoisotopic (exact) mass is 511 g/mol. The lowest BCUT2D eigenvalue weighted by Crippen LogP contribution is -2.55. The number of amides is 1. The first-order chi connectivity index (χ1) is 18.2. The molecule has 2 aliphatic heterocycles. The fourth-order valence-corrected chi connectivity index (χ4v) is 5.06. The number of anilines is 2. The Kier molecular flexibility index (Phi) is 6.50. The molecule has 0 radical (unpaired) electrons. The van der Waals surface area contributed by atoms with Crippen LogP contribution < -0.4 is 15.5 Å². The summed E-state index contributed by atoms with van der Waals surface area (Å²) in [6.07, 6.45) is 5.02. The highest BCUT2D eigenvalue weighted by molar-refractivity contribution is 6.12. The fourth-order valence-electron chi connectivity index (χ4n) is 5.06. The first-order valence-electron chi connectivity index (χ1n) is 12.5. The van der Waals surface area contributed by atoms with Crippen molar-refractivity contribution in [2.24, 2.45) is 5.73 Å². The zero-order chi connectivity index (χ0) is 27.0. The normalized spacial score (nSPS) is 18.3. The average Bonchev–Trinajstić information content (AvgIpc) is 3.12. The van der Waals surface area contributed by atoms with Gasteiger partial charge in [-0.2, -0.15) is 5.26 Å². The molecule has 1 amide bonds. The minimum atomic E-state index is -0.832. The van der Waals surface area contributed by atoms with Crippen molar-refractivity contribution in [2.75, 3.05) is 36.0 Å². The number of aromatic nitrogens is 4. The summed E-state index contributed by atoms with van der Waals surface area (Å²) < 4.78 is 0. The van der Waals surface area contributed by atoms with Crippen LogP contribution in [0.5, 0.6) is 0 Å². The van der Waals surface area contributed by atoms with E-state index in [1.165, 1.54) is 0 Å². The van der Waals surface area contributed by atoms with Gasteiger partial charge in [-0.05, 0) is 39.0 Å². The molecule has 11 heteroatoms. The molecular formula is C27H29N9O2. The van der Waals surface area contributed by atoms with Crippen LogP contribution in [0.1, 0.15) is 42.4 Å². The standard InChI is InChI=1S/C27H29N9O2/c1-17-15-34(9-10-35(17)23(37)12-29)26-31-13-19(14-32-26)21-7-6-20-24(38)27(2,3)36(25(20)33-21)16-18-5-4-8-30-22(18)11-28/h4-8,13-14,17H,9-10,12,15-16,29H2,1-3H3/t17-/m1/s1. The lowest BCUT2D eigenvalue weighted by atomic mass is 9.97. The maximum absolute atomic E-state index is 13.2. The zero-order valence-corrected chi connectivity index (χ0v) is 21.6. The zero-order valence-electron chi connectivity index (χ0n) is 21.6. The van der Waals surface area contributed by atoms with Crippen LogP contribution in [0.25, 0.3) is 11.3 Å². The molecule has 3 aromatic rings. The van der Waals surface area contributed by atoms with Crippen molar-refractivity contribution in [3.63, 3.8) is 0 Å². The Morgan fingerprint density at radius 1 is 1.18 bits per heavy atom. The third-order valence-corrected chi connectivity index (χ3v) is 7.27. The summed E-state index contributed by atoms with van der Waals surface area (Å²) in [6, 6.07) is 9.35. The second kappa shape index (κ2) is 9.79. The number of hydrogen-bond donors (Lipinski definition) is 1. The number of carbonyl (C=O) groups is 2. The Morgan fingerprint density at radius 2 is 1.95 bits per heavy atom. The maximum atomic E-state index is 13.2. The van der Waals surface area contributed by atoms with E-state index in [2.05, 4.69) is 25.9 Å². The topological polar surface area (TPSA) is 145 Å². The summed E-state index contributed by atoms with van der Waals surface area (Å²) in [5.74, 6) is 1.06. The molecule has 1 atom stereocenters. The molecule has 1 fully saturated rings. The molecule has 0 spiro atoms. The highest BCUT2D eigenvalue weighted by Crippen LogP contribution is 2.39. The van der Waals surface area contributed by atoms with E-state index in [4.69, 9.17) is 10.7 Å². The van der Waals surface area contributed by atoms with Gasteiger partial charge in [0.05, 0.1) is 23.3 Å². The molecule has 2 aliphatic rings. The second-order valence-corrected chi connectivity index (χ2v) is 10.0. The SMILES string of the molecule is C[C@@H]1CN(c2ncc(-c3ccc4c(n3)N(Cc3cccnc3C#N)C(C)(C)C4=O)cn2)CCN1C(=O)CN. The van der Waals surface area contributed by atoms with Crippen LogP contribution in [0.3, 0.4) is 0 Å². The molecule has 0 aromatic carbocycles. The van der Waals surface area contributed by atoms with Gasteiger partial charge in [0.15, 0.2) is 5.78 Å². The summed E-state index contributed by atoms with van der Waals surface area (Å²) >= 11 is 0. The maximum Gasteiger partial charge on any atom is 0.236 e. The molecule has 0 aliphatic carbocycles. The van der Waals surface area contributed by atoms with Crippen molar-refractivity contribution in [2.45, 2.75) is 38.9 Å². The molecular weight excluding hydrogens is 482 g/mol. The number of Topliss-reactive ketones (excluding diaryl/α,β-unsaturated/α-hetero) is 1. The number of hydrogen-bond acceptors (Lipinski definition) is 10. The lowest BCUT2D eigenvalue weighted by molar-refractivity contribution is -0.132. The third kappa shape index (κ3) is 4.33. The Bertz CT molecular complexity index is 1430. The Morgan fingerprint density at radius 3 is 2.63 bits per heavy atom. The number of pyridine rings is 2. The van der Waals surface area contributed by atoms with Crippen LogP contribution in [0.2, 0.25) is 0 Å². The van der Waals surface area contributed by atoms with Gasteiger partial charge in [-0.1, -0.05) is 6.07 Å². The number of piperazine rings is 1. The van der Waals surface area contributed by atoms with Crippen molar-refractivity contribution in [3.8, 4) is 17.3 Å². The Labute approximate surface area is 220 Å². The summed E-state index contributed by atoms with van der Waals surface area (Å²) in [7, 11) is 0. The Balaban J connectivity index is 1.40. The van der Waals surface area contributed by atoms with Crippen LogP contribution in [-0.4, -0.2) is 74.3 Å². The highest BCUT2D eigenvalue weighted by atomic mass is 16.2. The smallest absolute Gasteiger partial charge is 0.236 e. The van der Waals surface area contributed by atoms with Gasteiger partial charge in [-0.15, -0.1) is 0 Å². The molecule has 5 heterocycles. The molecule has 1 saturated heterocycles. The first kappa shape index (κ1) is 25.2. The molecule has 38 heavy (non-hydrogen) atoms. The van der Waals surface area contributed by atoms with Crippen LogP contribution >= 0.6 is 0 Å². The molecule has 3 aromatic heterocycles. The summed E-state index contributed by atoms with van der Waals surface area (Å²) in [5, 5.41) is 9.49. The lowest BCUT2D eigenvalue weighted by Gasteiger charge is -2.39. The van der Waals surface area contributed by atoms with Gasteiger partial charge < -0.3 is 20.4 Å². The van der Waals surface area contributed by atoms with E-state index in [9.17, 15) is 14.9 Å². The van der Waals surface area contributed by atoms with Crippen molar-refractivity contribution < 1.29 is 9.59 Å². The molecule has 2 N–H and O–H groups in total. The van der Waals surface area contributed by atoms with E-state index in [1.54, 1.807) is 41.7 Å². The minimum absolute atomic E-state index is 0.00521. The van der Waals surface area contributed by atoms with Crippen LogP contribution in [0, 0.1) is 11.3 Å². The number of rotatable bonds is 5. The van der Waals surface area contributed by atoms with E-state index < -0.39 is 5.54 Å². The second-order valence-electron chi connectivity index (χ2n) is 10.0. The molecule has 0 bridgehead atoms. The fraction of sp³-hybridized carbons (Fsp3) is 0.370.